The van der Waals surface area contributed by atoms with Crippen LogP contribution in [0.25, 0.3) is 0 Å². The normalized spacial score (nSPS) is 12.6. The summed E-state index contributed by atoms with van der Waals surface area (Å²) in [6.45, 7) is 6.51. The van der Waals surface area contributed by atoms with E-state index in [4.69, 9.17) is 14.2 Å². The maximum atomic E-state index is 12.9. The van der Waals surface area contributed by atoms with Crippen LogP contribution in [0.1, 0.15) is 367 Å². The van der Waals surface area contributed by atoms with Gasteiger partial charge < -0.3 is 14.2 Å². The molecule has 0 amide bonds. The number of rotatable bonds is 66. The van der Waals surface area contributed by atoms with Crippen molar-refractivity contribution in [1.29, 1.82) is 0 Å². The summed E-state index contributed by atoms with van der Waals surface area (Å²) in [4.78, 5) is 38.4. The van der Waals surface area contributed by atoms with Crippen LogP contribution in [0.4, 0.5) is 0 Å². The van der Waals surface area contributed by atoms with Gasteiger partial charge in [0.25, 0.3) is 0 Å². The van der Waals surface area contributed by atoms with E-state index >= 15 is 0 Å². The van der Waals surface area contributed by atoms with Gasteiger partial charge >= 0.3 is 17.9 Å². The Labute approximate surface area is 515 Å². The van der Waals surface area contributed by atoms with Crippen molar-refractivity contribution in [2.75, 3.05) is 13.2 Å². The number of allylic oxidation sites excluding steroid dienone is 14. The molecule has 0 radical (unpaired) electrons. The standard InChI is InChI=1S/C77H136O6/c1-4-7-10-13-16-19-22-25-27-29-31-32-33-34-35-36-37-38-39-40-41-42-43-44-46-47-49-52-55-58-61-64-67-70-76(79)82-73-74(72-81-75(78)69-66-63-60-57-54-51-24-21-18-15-12-9-6-3)83-77(80)71-68-65-62-59-56-53-50-48-45-30-28-26-23-20-17-14-11-8-5-2/h7,10,12,15-16,19,21,24-25,27,31-32,34-35,74H,4-6,8-9,11,13-14,17-18,20,22-23,26,28-30,33,36-73H2,1-3H3/b10-7-,15-12-,19-16-,24-21-,27-25-,32-31-,35-34-. The average molecular weight is 1160 g/mol. The Balaban J connectivity index is 4.17. The fourth-order valence-electron chi connectivity index (χ4n) is 10.5. The molecule has 480 valence electrons. The molecule has 0 aliphatic rings. The van der Waals surface area contributed by atoms with Gasteiger partial charge in [0.2, 0.25) is 0 Å². The molecule has 83 heavy (non-hydrogen) atoms. The molecular weight excluding hydrogens is 1020 g/mol. The Bertz CT molecular complexity index is 1570. The van der Waals surface area contributed by atoms with Crippen LogP contribution < -0.4 is 0 Å². The molecule has 0 aromatic heterocycles. The third-order valence-electron chi connectivity index (χ3n) is 15.9. The maximum Gasteiger partial charge on any atom is 0.306 e. The number of hydrogen-bond donors (Lipinski definition) is 0. The Kier molecular flexibility index (Phi) is 68.2. The summed E-state index contributed by atoms with van der Waals surface area (Å²) < 4.78 is 17.0. The molecule has 0 saturated heterocycles. The van der Waals surface area contributed by atoms with Gasteiger partial charge in [-0.05, 0) is 89.9 Å². The second kappa shape index (κ2) is 71.1. The van der Waals surface area contributed by atoms with E-state index in [1.54, 1.807) is 0 Å². The summed E-state index contributed by atoms with van der Waals surface area (Å²) >= 11 is 0. The van der Waals surface area contributed by atoms with Crippen molar-refractivity contribution in [3.05, 3.63) is 85.1 Å². The number of unbranched alkanes of at least 4 members (excludes halogenated alkanes) is 41. The van der Waals surface area contributed by atoms with Crippen molar-refractivity contribution in [3.8, 4) is 0 Å². The minimum Gasteiger partial charge on any atom is -0.462 e. The highest BCUT2D eigenvalue weighted by atomic mass is 16.6. The lowest BCUT2D eigenvalue weighted by Gasteiger charge is -2.18. The molecule has 0 bridgehead atoms. The van der Waals surface area contributed by atoms with Crippen molar-refractivity contribution >= 4 is 17.9 Å². The van der Waals surface area contributed by atoms with Crippen molar-refractivity contribution < 1.29 is 28.6 Å². The highest BCUT2D eigenvalue weighted by Crippen LogP contribution is 2.18. The third kappa shape index (κ3) is 69.3. The molecule has 0 fully saturated rings. The fourth-order valence-corrected chi connectivity index (χ4v) is 10.5. The second-order valence-corrected chi connectivity index (χ2v) is 24.1. The number of esters is 3. The van der Waals surface area contributed by atoms with E-state index in [-0.39, 0.29) is 31.1 Å². The van der Waals surface area contributed by atoms with E-state index in [2.05, 4.69) is 106 Å². The van der Waals surface area contributed by atoms with Crippen molar-refractivity contribution in [2.45, 2.75) is 374 Å². The largest absolute Gasteiger partial charge is 0.462 e. The summed E-state index contributed by atoms with van der Waals surface area (Å²) in [5.74, 6) is -0.867. The summed E-state index contributed by atoms with van der Waals surface area (Å²) in [5.41, 5.74) is 0. The van der Waals surface area contributed by atoms with Gasteiger partial charge in [-0.2, -0.15) is 0 Å². The lowest BCUT2D eigenvalue weighted by molar-refractivity contribution is -0.167. The summed E-state index contributed by atoms with van der Waals surface area (Å²) in [6.07, 6.45) is 94.8. The van der Waals surface area contributed by atoms with Crippen molar-refractivity contribution in [2.24, 2.45) is 0 Å². The van der Waals surface area contributed by atoms with Gasteiger partial charge in [-0.1, -0.05) is 343 Å². The molecule has 0 rings (SSSR count). The topological polar surface area (TPSA) is 78.9 Å². The molecule has 6 nitrogen and oxygen atoms in total. The highest BCUT2D eigenvalue weighted by molar-refractivity contribution is 5.71. The monoisotopic (exact) mass is 1160 g/mol. The zero-order chi connectivity index (χ0) is 59.9. The first kappa shape index (κ1) is 79.6. The van der Waals surface area contributed by atoms with Crippen molar-refractivity contribution in [3.63, 3.8) is 0 Å². The molecule has 0 aromatic rings. The fraction of sp³-hybridized carbons (Fsp3) is 0.779. The smallest absolute Gasteiger partial charge is 0.306 e. The van der Waals surface area contributed by atoms with Crippen LogP contribution >= 0.6 is 0 Å². The maximum absolute atomic E-state index is 12.9. The molecule has 0 spiro atoms. The van der Waals surface area contributed by atoms with E-state index in [9.17, 15) is 14.4 Å². The van der Waals surface area contributed by atoms with Crippen LogP contribution in [-0.4, -0.2) is 37.2 Å². The number of carbonyl (C=O) groups excluding carboxylic acids is 3. The molecule has 1 unspecified atom stereocenters. The number of carbonyl (C=O) groups is 3. The molecule has 0 N–H and O–H groups in total. The van der Waals surface area contributed by atoms with E-state index in [1.807, 2.05) is 0 Å². The lowest BCUT2D eigenvalue weighted by atomic mass is 10.0. The SMILES string of the molecule is CC/C=C\C/C=C\C/C=C\C/C=C\C/C=C\CCCCCCCCCCCCCCCCCCCC(=O)OCC(COC(=O)CCCCCCC/C=C\C/C=C\CCC)OC(=O)CCCCCCCCCCCCCCCCCCCCC. The van der Waals surface area contributed by atoms with Crippen LogP contribution in [0.2, 0.25) is 0 Å². The highest BCUT2D eigenvalue weighted by Gasteiger charge is 2.19. The Morgan fingerprint density at radius 2 is 0.494 bits per heavy atom. The van der Waals surface area contributed by atoms with E-state index < -0.39 is 6.10 Å². The number of ether oxygens (including phenoxy) is 3. The van der Waals surface area contributed by atoms with E-state index in [0.29, 0.717) is 19.3 Å². The summed E-state index contributed by atoms with van der Waals surface area (Å²) in [5, 5.41) is 0. The number of hydrogen-bond acceptors (Lipinski definition) is 6. The Hall–Kier alpha value is -3.41. The molecule has 0 saturated carbocycles. The molecular formula is C77H136O6. The summed E-state index contributed by atoms with van der Waals surface area (Å²) in [6, 6.07) is 0. The predicted octanol–water partition coefficient (Wildman–Crippen LogP) is 25.0. The Morgan fingerprint density at radius 3 is 0.783 bits per heavy atom. The van der Waals surface area contributed by atoms with Crippen LogP contribution in [0.5, 0.6) is 0 Å². The van der Waals surface area contributed by atoms with Gasteiger partial charge in [-0.25, -0.2) is 0 Å². The van der Waals surface area contributed by atoms with Gasteiger partial charge in [0, 0.05) is 19.3 Å². The van der Waals surface area contributed by atoms with Crippen LogP contribution in [0.3, 0.4) is 0 Å². The van der Waals surface area contributed by atoms with Crippen LogP contribution in [0.15, 0.2) is 85.1 Å². The van der Waals surface area contributed by atoms with E-state index in [0.717, 1.165) is 116 Å². The molecule has 0 aromatic carbocycles. The quantitative estimate of drug-likeness (QED) is 0.0261. The molecule has 0 aliphatic carbocycles. The minimum atomic E-state index is -0.780. The van der Waals surface area contributed by atoms with Crippen LogP contribution in [-0.2, 0) is 28.6 Å². The van der Waals surface area contributed by atoms with Gasteiger partial charge in [-0.3, -0.25) is 14.4 Å². The van der Waals surface area contributed by atoms with Crippen LogP contribution in [0, 0.1) is 0 Å². The Morgan fingerprint density at radius 1 is 0.253 bits per heavy atom. The van der Waals surface area contributed by atoms with Gasteiger partial charge in [0.15, 0.2) is 6.10 Å². The first-order valence-corrected chi connectivity index (χ1v) is 36.1. The van der Waals surface area contributed by atoms with Crippen molar-refractivity contribution in [1.82, 2.24) is 0 Å². The van der Waals surface area contributed by atoms with Gasteiger partial charge in [0.05, 0.1) is 0 Å². The van der Waals surface area contributed by atoms with E-state index in [1.165, 1.54) is 212 Å². The third-order valence-corrected chi connectivity index (χ3v) is 15.9. The van der Waals surface area contributed by atoms with Gasteiger partial charge in [0.1, 0.15) is 13.2 Å². The zero-order valence-corrected chi connectivity index (χ0v) is 55.2. The minimum absolute atomic E-state index is 0.0754. The second-order valence-electron chi connectivity index (χ2n) is 24.1. The molecule has 0 aliphatic heterocycles. The predicted molar refractivity (Wildman–Crippen MR) is 362 cm³/mol. The average Bonchev–Trinajstić information content (AvgIpc) is 3.49. The lowest BCUT2D eigenvalue weighted by Crippen LogP contribution is -2.30. The molecule has 1 atom stereocenters. The molecule has 6 heteroatoms. The first-order chi connectivity index (χ1) is 41.0. The zero-order valence-electron chi connectivity index (χ0n) is 55.2. The summed E-state index contributed by atoms with van der Waals surface area (Å²) in [7, 11) is 0. The first-order valence-electron chi connectivity index (χ1n) is 36.1. The van der Waals surface area contributed by atoms with Gasteiger partial charge in [-0.15, -0.1) is 0 Å². The molecule has 0 heterocycles.